The SMILES string of the molecule is Cc1ccc(-c2ncc(CN3CCN(S(=O)(=O)N4CCCC4)CC3)cn2)cc1. The normalized spacial score (nSPS) is 19.9. The minimum absolute atomic E-state index is 0.543. The molecule has 7 nitrogen and oxygen atoms in total. The van der Waals surface area contributed by atoms with Crippen LogP contribution in [-0.4, -0.2) is 71.2 Å². The number of benzene rings is 1. The van der Waals surface area contributed by atoms with Crippen molar-refractivity contribution in [2.24, 2.45) is 0 Å². The van der Waals surface area contributed by atoms with Gasteiger partial charge in [-0.25, -0.2) is 9.97 Å². The van der Waals surface area contributed by atoms with Gasteiger partial charge in [0.25, 0.3) is 10.2 Å². The van der Waals surface area contributed by atoms with E-state index < -0.39 is 10.2 Å². The van der Waals surface area contributed by atoms with Gasteiger partial charge >= 0.3 is 0 Å². The molecule has 4 rings (SSSR count). The molecule has 3 heterocycles. The van der Waals surface area contributed by atoms with Crippen molar-refractivity contribution in [2.45, 2.75) is 26.3 Å². The molecule has 0 spiro atoms. The first-order valence-electron chi connectivity index (χ1n) is 9.88. The van der Waals surface area contributed by atoms with Crippen molar-refractivity contribution in [2.75, 3.05) is 39.3 Å². The molecule has 0 atom stereocenters. The zero-order valence-electron chi connectivity index (χ0n) is 16.3. The van der Waals surface area contributed by atoms with Crippen LogP contribution in [0.5, 0.6) is 0 Å². The van der Waals surface area contributed by atoms with Crippen LogP contribution < -0.4 is 0 Å². The second-order valence-corrected chi connectivity index (χ2v) is 9.50. The Bertz CT molecular complexity index is 885. The quantitative estimate of drug-likeness (QED) is 0.766. The van der Waals surface area contributed by atoms with Crippen LogP contribution in [0.25, 0.3) is 11.4 Å². The van der Waals surface area contributed by atoms with Crippen molar-refractivity contribution >= 4 is 10.2 Å². The number of piperazine rings is 1. The van der Waals surface area contributed by atoms with Crippen molar-refractivity contribution in [3.63, 3.8) is 0 Å². The van der Waals surface area contributed by atoms with Gasteiger partial charge < -0.3 is 0 Å². The monoisotopic (exact) mass is 401 g/mol. The highest BCUT2D eigenvalue weighted by Crippen LogP contribution is 2.19. The molecule has 2 aliphatic heterocycles. The molecule has 0 amide bonds. The first-order chi connectivity index (χ1) is 13.5. The minimum Gasteiger partial charge on any atom is -0.296 e. The molecule has 2 saturated heterocycles. The van der Waals surface area contributed by atoms with Gasteiger partial charge in [0.05, 0.1) is 0 Å². The summed E-state index contributed by atoms with van der Waals surface area (Å²) in [5, 5.41) is 0. The van der Waals surface area contributed by atoms with Crippen molar-refractivity contribution in [1.29, 1.82) is 0 Å². The largest absolute Gasteiger partial charge is 0.296 e. The highest BCUT2D eigenvalue weighted by molar-refractivity contribution is 7.86. The highest BCUT2D eigenvalue weighted by Gasteiger charge is 2.33. The first-order valence-corrected chi connectivity index (χ1v) is 11.3. The molecule has 2 aliphatic rings. The van der Waals surface area contributed by atoms with E-state index in [1.807, 2.05) is 24.5 Å². The number of nitrogens with zero attached hydrogens (tertiary/aromatic N) is 5. The van der Waals surface area contributed by atoms with Crippen LogP contribution in [0.2, 0.25) is 0 Å². The molecular formula is C20H27N5O2S. The fourth-order valence-electron chi connectivity index (χ4n) is 3.75. The molecule has 1 aromatic carbocycles. The van der Waals surface area contributed by atoms with Gasteiger partial charge in [0.15, 0.2) is 5.82 Å². The molecule has 8 heteroatoms. The first kappa shape index (κ1) is 19.4. The number of rotatable bonds is 5. The third kappa shape index (κ3) is 4.25. The zero-order chi connectivity index (χ0) is 19.6. The summed E-state index contributed by atoms with van der Waals surface area (Å²) in [5.74, 6) is 0.727. The van der Waals surface area contributed by atoms with E-state index in [2.05, 4.69) is 33.9 Å². The van der Waals surface area contributed by atoms with Crippen LogP contribution in [0, 0.1) is 6.92 Å². The van der Waals surface area contributed by atoms with Crippen LogP contribution in [0.15, 0.2) is 36.7 Å². The van der Waals surface area contributed by atoms with Gasteiger partial charge in [0.1, 0.15) is 0 Å². The summed E-state index contributed by atoms with van der Waals surface area (Å²) in [6.45, 7) is 6.66. The molecule has 0 radical (unpaired) electrons. The van der Waals surface area contributed by atoms with E-state index in [4.69, 9.17) is 0 Å². The topological polar surface area (TPSA) is 69.6 Å². The number of aryl methyl sites for hydroxylation is 1. The lowest BCUT2D eigenvalue weighted by molar-refractivity contribution is 0.176. The van der Waals surface area contributed by atoms with Crippen molar-refractivity contribution in [3.8, 4) is 11.4 Å². The lowest BCUT2D eigenvalue weighted by Crippen LogP contribution is -2.52. The Hall–Kier alpha value is -1.87. The summed E-state index contributed by atoms with van der Waals surface area (Å²) in [6, 6.07) is 8.18. The van der Waals surface area contributed by atoms with Crippen molar-refractivity contribution in [1.82, 2.24) is 23.5 Å². The van der Waals surface area contributed by atoms with Crippen molar-refractivity contribution < 1.29 is 8.42 Å². The molecule has 1 aromatic heterocycles. The van der Waals surface area contributed by atoms with Gasteiger partial charge in [-0.05, 0) is 19.8 Å². The Balaban J connectivity index is 1.33. The molecule has 0 unspecified atom stereocenters. The third-order valence-corrected chi connectivity index (χ3v) is 7.51. The minimum atomic E-state index is -3.28. The predicted molar refractivity (Wildman–Crippen MR) is 109 cm³/mol. The van der Waals surface area contributed by atoms with Crippen LogP contribution in [0.4, 0.5) is 0 Å². The van der Waals surface area contributed by atoms with Gasteiger partial charge in [-0.3, -0.25) is 4.90 Å². The molecule has 0 N–H and O–H groups in total. The molecule has 2 aromatic rings. The van der Waals surface area contributed by atoms with E-state index in [9.17, 15) is 8.42 Å². The van der Waals surface area contributed by atoms with Crippen LogP contribution in [-0.2, 0) is 16.8 Å². The molecular weight excluding hydrogens is 374 g/mol. The van der Waals surface area contributed by atoms with Crippen LogP contribution >= 0.6 is 0 Å². The van der Waals surface area contributed by atoms with E-state index in [1.54, 1.807) is 8.61 Å². The van der Waals surface area contributed by atoms with E-state index in [0.717, 1.165) is 49.4 Å². The Morgan fingerprint density at radius 1 is 0.857 bits per heavy atom. The van der Waals surface area contributed by atoms with Gasteiger partial charge in [-0.15, -0.1) is 0 Å². The standard InChI is InChI=1S/C20H27N5O2S/c1-17-4-6-19(7-5-17)20-21-14-18(15-22-20)16-23-10-12-25(13-11-23)28(26,27)24-8-2-3-9-24/h4-7,14-15H,2-3,8-13,16H2,1H3. The second kappa shape index (κ2) is 8.24. The maximum absolute atomic E-state index is 12.7. The van der Waals surface area contributed by atoms with E-state index in [-0.39, 0.29) is 0 Å². The lowest BCUT2D eigenvalue weighted by atomic mass is 10.1. The van der Waals surface area contributed by atoms with Gasteiger partial charge in [0.2, 0.25) is 0 Å². The van der Waals surface area contributed by atoms with E-state index >= 15 is 0 Å². The summed E-state index contributed by atoms with van der Waals surface area (Å²) >= 11 is 0. The molecule has 0 aliphatic carbocycles. The van der Waals surface area contributed by atoms with Crippen LogP contribution in [0.1, 0.15) is 24.0 Å². The molecule has 2 fully saturated rings. The third-order valence-electron chi connectivity index (χ3n) is 5.47. The number of hydrogen-bond donors (Lipinski definition) is 0. The fourth-order valence-corrected chi connectivity index (χ4v) is 5.42. The average Bonchev–Trinajstić information content (AvgIpc) is 3.26. The fraction of sp³-hybridized carbons (Fsp3) is 0.500. The Labute approximate surface area is 167 Å². The van der Waals surface area contributed by atoms with Gasteiger partial charge in [0, 0.05) is 69.3 Å². The van der Waals surface area contributed by atoms with E-state index in [1.165, 1.54) is 5.56 Å². The predicted octanol–water partition coefficient (Wildman–Crippen LogP) is 1.91. The Morgan fingerprint density at radius 3 is 2.04 bits per heavy atom. The second-order valence-electron chi connectivity index (χ2n) is 7.57. The average molecular weight is 402 g/mol. The summed E-state index contributed by atoms with van der Waals surface area (Å²) in [5.41, 5.74) is 3.27. The van der Waals surface area contributed by atoms with Crippen LogP contribution in [0.3, 0.4) is 0 Å². The van der Waals surface area contributed by atoms with Crippen molar-refractivity contribution in [3.05, 3.63) is 47.8 Å². The number of aromatic nitrogens is 2. The summed E-state index contributed by atoms with van der Waals surface area (Å²) in [4.78, 5) is 11.3. The summed E-state index contributed by atoms with van der Waals surface area (Å²) in [7, 11) is -3.28. The summed E-state index contributed by atoms with van der Waals surface area (Å²) in [6.07, 6.45) is 5.68. The Morgan fingerprint density at radius 2 is 1.43 bits per heavy atom. The molecule has 0 saturated carbocycles. The highest BCUT2D eigenvalue weighted by atomic mass is 32.2. The Kier molecular flexibility index (Phi) is 5.73. The molecule has 0 bridgehead atoms. The zero-order valence-corrected chi connectivity index (χ0v) is 17.1. The maximum Gasteiger partial charge on any atom is 0.282 e. The number of hydrogen-bond acceptors (Lipinski definition) is 5. The summed E-state index contributed by atoms with van der Waals surface area (Å²) < 4.78 is 28.6. The van der Waals surface area contributed by atoms with Gasteiger partial charge in [-0.1, -0.05) is 29.8 Å². The lowest BCUT2D eigenvalue weighted by Gasteiger charge is -2.35. The molecule has 28 heavy (non-hydrogen) atoms. The maximum atomic E-state index is 12.7. The van der Waals surface area contributed by atoms with E-state index in [0.29, 0.717) is 26.2 Å². The molecule has 150 valence electrons. The van der Waals surface area contributed by atoms with Gasteiger partial charge in [-0.2, -0.15) is 17.0 Å². The smallest absolute Gasteiger partial charge is 0.282 e.